The van der Waals surface area contributed by atoms with Crippen LogP contribution in [-0.2, 0) is 12.8 Å². The molecule has 92 valence electrons. The first-order valence-corrected chi connectivity index (χ1v) is 6.42. The van der Waals surface area contributed by atoms with Crippen LogP contribution in [0, 0.1) is 0 Å². The Morgan fingerprint density at radius 3 is 2.82 bits per heavy atom. The molecule has 0 saturated carbocycles. The lowest BCUT2D eigenvalue weighted by Gasteiger charge is -2.18. The fourth-order valence-electron chi connectivity index (χ4n) is 2.40. The molecule has 2 rings (SSSR count). The largest absolute Gasteiger partial charge is 0.387 e. The molecule has 2 N–H and O–H groups in total. The summed E-state index contributed by atoms with van der Waals surface area (Å²) >= 11 is 0. The monoisotopic (exact) mass is 231 g/mol. The van der Waals surface area contributed by atoms with E-state index in [1.807, 2.05) is 0 Å². The summed E-state index contributed by atoms with van der Waals surface area (Å²) < 4.78 is 0. The Morgan fingerprint density at radius 2 is 2.06 bits per heavy atom. The van der Waals surface area contributed by atoms with Gasteiger partial charge in [0, 0.05) is 13.1 Å². The Balaban J connectivity index is 2.02. The van der Waals surface area contributed by atoms with Gasteiger partial charge in [0.2, 0.25) is 0 Å². The molecule has 2 heteroatoms. The zero-order valence-electron chi connectivity index (χ0n) is 10.3. The molecule has 1 aromatic carbocycles. The molecule has 1 aliphatic carbocycles. The molecule has 0 aliphatic heterocycles. The van der Waals surface area contributed by atoms with Gasteiger partial charge < -0.3 is 10.4 Å². The van der Waals surface area contributed by atoms with E-state index >= 15 is 0 Å². The third-order valence-corrected chi connectivity index (χ3v) is 3.38. The lowest BCUT2D eigenvalue weighted by Crippen LogP contribution is -2.21. The van der Waals surface area contributed by atoms with Crippen molar-refractivity contribution in [3.63, 3.8) is 0 Å². The zero-order chi connectivity index (χ0) is 12.1. The van der Waals surface area contributed by atoms with Crippen molar-refractivity contribution in [1.29, 1.82) is 0 Å². The Kier molecular flexibility index (Phi) is 4.35. The van der Waals surface area contributed by atoms with Gasteiger partial charge in [-0.15, -0.1) is 6.58 Å². The van der Waals surface area contributed by atoms with E-state index in [-0.39, 0.29) is 0 Å². The van der Waals surface area contributed by atoms with E-state index in [2.05, 4.69) is 30.1 Å². The molecule has 2 nitrogen and oxygen atoms in total. The van der Waals surface area contributed by atoms with Gasteiger partial charge in [-0.05, 0) is 42.4 Å². The summed E-state index contributed by atoms with van der Waals surface area (Å²) in [5, 5.41) is 13.2. The minimum absolute atomic E-state index is 0.415. The Labute approximate surface area is 103 Å². The second kappa shape index (κ2) is 5.99. The number of hydrogen-bond acceptors (Lipinski definition) is 2. The predicted molar refractivity (Wildman–Crippen MR) is 71.1 cm³/mol. The highest BCUT2D eigenvalue weighted by atomic mass is 16.3. The molecule has 1 aromatic rings. The SMILES string of the molecule is C=CCNCC(O)c1ccc2c(c1)CCCC2. The van der Waals surface area contributed by atoms with Gasteiger partial charge in [-0.1, -0.05) is 24.3 Å². The lowest BCUT2D eigenvalue weighted by atomic mass is 9.89. The molecule has 0 bridgehead atoms. The molecule has 17 heavy (non-hydrogen) atoms. The van der Waals surface area contributed by atoms with E-state index in [1.54, 1.807) is 6.08 Å². The van der Waals surface area contributed by atoms with Crippen LogP contribution in [0.5, 0.6) is 0 Å². The fourth-order valence-corrected chi connectivity index (χ4v) is 2.40. The summed E-state index contributed by atoms with van der Waals surface area (Å²) in [5.74, 6) is 0. The van der Waals surface area contributed by atoms with Gasteiger partial charge >= 0.3 is 0 Å². The Hall–Kier alpha value is -1.12. The predicted octanol–water partition coefficient (Wildman–Crippen LogP) is 2.37. The second-order valence-electron chi connectivity index (χ2n) is 4.70. The molecular weight excluding hydrogens is 210 g/mol. The first-order valence-electron chi connectivity index (χ1n) is 6.42. The van der Waals surface area contributed by atoms with Crippen molar-refractivity contribution in [2.24, 2.45) is 0 Å². The average Bonchev–Trinajstić information content (AvgIpc) is 2.38. The van der Waals surface area contributed by atoms with Crippen molar-refractivity contribution < 1.29 is 5.11 Å². The molecule has 0 aromatic heterocycles. The summed E-state index contributed by atoms with van der Waals surface area (Å²) in [5.41, 5.74) is 3.92. The molecule has 1 aliphatic rings. The first kappa shape index (κ1) is 12.3. The van der Waals surface area contributed by atoms with Crippen LogP contribution in [0.25, 0.3) is 0 Å². The number of fused-ring (bicyclic) bond motifs is 1. The molecule has 0 spiro atoms. The van der Waals surface area contributed by atoms with Gasteiger partial charge in [-0.2, -0.15) is 0 Å². The van der Waals surface area contributed by atoms with Crippen LogP contribution in [-0.4, -0.2) is 18.2 Å². The summed E-state index contributed by atoms with van der Waals surface area (Å²) in [4.78, 5) is 0. The van der Waals surface area contributed by atoms with E-state index in [0.717, 1.165) is 18.5 Å². The van der Waals surface area contributed by atoms with E-state index in [0.29, 0.717) is 6.54 Å². The third kappa shape index (κ3) is 3.18. The number of rotatable bonds is 5. The van der Waals surface area contributed by atoms with Crippen LogP contribution in [0.3, 0.4) is 0 Å². The smallest absolute Gasteiger partial charge is 0.0914 e. The van der Waals surface area contributed by atoms with Gasteiger partial charge in [0.1, 0.15) is 0 Å². The Morgan fingerprint density at radius 1 is 1.29 bits per heavy atom. The normalized spacial score (nSPS) is 16.3. The molecule has 1 unspecified atom stereocenters. The van der Waals surface area contributed by atoms with E-state index in [4.69, 9.17) is 0 Å². The number of aliphatic hydroxyl groups is 1. The van der Waals surface area contributed by atoms with E-state index < -0.39 is 6.10 Å². The molecule has 0 heterocycles. The molecule has 0 radical (unpaired) electrons. The highest BCUT2D eigenvalue weighted by molar-refractivity contribution is 5.34. The number of aliphatic hydroxyl groups excluding tert-OH is 1. The van der Waals surface area contributed by atoms with Gasteiger partial charge in [-0.3, -0.25) is 0 Å². The Bertz CT molecular complexity index is 387. The number of benzene rings is 1. The maximum absolute atomic E-state index is 10.1. The molecule has 1 atom stereocenters. The average molecular weight is 231 g/mol. The summed E-state index contributed by atoms with van der Waals surface area (Å²) in [6, 6.07) is 6.42. The van der Waals surface area contributed by atoms with Crippen LogP contribution in [0.1, 0.15) is 35.6 Å². The standard InChI is InChI=1S/C15H21NO/c1-2-9-16-11-15(17)14-8-7-12-5-3-4-6-13(12)10-14/h2,7-8,10,15-17H,1,3-6,9,11H2. The molecule has 0 amide bonds. The maximum atomic E-state index is 10.1. The van der Waals surface area contributed by atoms with Crippen molar-refractivity contribution in [1.82, 2.24) is 5.32 Å². The van der Waals surface area contributed by atoms with E-state index in [1.165, 1.54) is 30.4 Å². The van der Waals surface area contributed by atoms with Gasteiger partial charge in [-0.25, -0.2) is 0 Å². The van der Waals surface area contributed by atoms with Crippen LogP contribution in [0.4, 0.5) is 0 Å². The summed E-state index contributed by atoms with van der Waals surface area (Å²) in [6.07, 6.45) is 6.33. The van der Waals surface area contributed by atoms with Crippen LogP contribution in [0.15, 0.2) is 30.9 Å². The van der Waals surface area contributed by atoms with Crippen LogP contribution < -0.4 is 5.32 Å². The maximum Gasteiger partial charge on any atom is 0.0914 e. The van der Waals surface area contributed by atoms with Crippen LogP contribution in [0.2, 0.25) is 0 Å². The summed E-state index contributed by atoms with van der Waals surface area (Å²) in [7, 11) is 0. The lowest BCUT2D eigenvalue weighted by molar-refractivity contribution is 0.176. The topological polar surface area (TPSA) is 32.3 Å². The quantitative estimate of drug-likeness (QED) is 0.602. The molecular formula is C15H21NO. The highest BCUT2D eigenvalue weighted by Crippen LogP contribution is 2.24. The zero-order valence-corrected chi connectivity index (χ0v) is 10.3. The van der Waals surface area contributed by atoms with E-state index in [9.17, 15) is 5.11 Å². The summed E-state index contributed by atoms with van der Waals surface area (Å²) in [6.45, 7) is 4.97. The highest BCUT2D eigenvalue weighted by Gasteiger charge is 2.12. The fraction of sp³-hybridized carbons (Fsp3) is 0.467. The van der Waals surface area contributed by atoms with Crippen molar-refractivity contribution in [2.45, 2.75) is 31.8 Å². The van der Waals surface area contributed by atoms with Gasteiger partial charge in [0.05, 0.1) is 6.10 Å². The number of nitrogens with one attached hydrogen (secondary N) is 1. The van der Waals surface area contributed by atoms with Gasteiger partial charge in [0.25, 0.3) is 0 Å². The van der Waals surface area contributed by atoms with Crippen molar-refractivity contribution >= 4 is 0 Å². The molecule has 0 saturated heterocycles. The minimum atomic E-state index is -0.415. The van der Waals surface area contributed by atoms with Gasteiger partial charge in [0.15, 0.2) is 0 Å². The van der Waals surface area contributed by atoms with Crippen molar-refractivity contribution in [2.75, 3.05) is 13.1 Å². The van der Waals surface area contributed by atoms with Crippen LogP contribution >= 0.6 is 0 Å². The second-order valence-corrected chi connectivity index (χ2v) is 4.70. The number of hydrogen-bond donors (Lipinski definition) is 2. The minimum Gasteiger partial charge on any atom is -0.387 e. The third-order valence-electron chi connectivity index (χ3n) is 3.38. The van der Waals surface area contributed by atoms with Crippen molar-refractivity contribution in [3.05, 3.63) is 47.5 Å². The number of aryl methyl sites for hydroxylation is 2. The van der Waals surface area contributed by atoms with Crippen molar-refractivity contribution in [3.8, 4) is 0 Å². The first-order chi connectivity index (χ1) is 8.31. The molecule has 0 fully saturated rings.